The van der Waals surface area contributed by atoms with Crippen LogP contribution in [0.3, 0.4) is 0 Å². The third kappa shape index (κ3) is 7.34. The summed E-state index contributed by atoms with van der Waals surface area (Å²) in [5.41, 5.74) is 0. The normalized spacial score (nSPS) is 12.7. The largest absolute Gasteiger partial charge is 0.481 e. The molecule has 1 atom stereocenters. The van der Waals surface area contributed by atoms with E-state index in [4.69, 9.17) is 29.2 Å². The highest BCUT2D eigenvalue weighted by atomic mass is 17.0. The fraction of sp³-hybridized carbons (Fsp3) is 0.769. The van der Waals surface area contributed by atoms with E-state index in [-0.39, 0.29) is 19.8 Å². The molecule has 0 bridgehead atoms. The monoisotopic (exact) mass is 322 g/mol. The zero-order valence-electron chi connectivity index (χ0n) is 12.9. The molecule has 1 unspecified atom stereocenters. The van der Waals surface area contributed by atoms with Crippen molar-refractivity contribution in [2.75, 3.05) is 19.8 Å². The van der Waals surface area contributed by atoms with Gasteiger partial charge in [-0.2, -0.15) is 0 Å². The van der Waals surface area contributed by atoms with Crippen molar-refractivity contribution in [3.8, 4) is 0 Å². The van der Waals surface area contributed by atoms with Crippen LogP contribution in [0.2, 0.25) is 0 Å². The molecule has 0 radical (unpaired) electrons. The van der Waals surface area contributed by atoms with Gasteiger partial charge in [0.1, 0.15) is 0 Å². The Morgan fingerprint density at radius 1 is 0.909 bits per heavy atom. The SMILES string of the molecule is CCOC(OCC)(OCC)OC(=O)CC(CC(=O)O)C(=O)O. The van der Waals surface area contributed by atoms with Crippen molar-refractivity contribution in [1.82, 2.24) is 0 Å². The van der Waals surface area contributed by atoms with E-state index >= 15 is 0 Å². The molecule has 0 aliphatic rings. The number of hydrogen-bond donors (Lipinski definition) is 2. The number of carbonyl (C=O) groups excluding carboxylic acids is 1. The van der Waals surface area contributed by atoms with Crippen molar-refractivity contribution in [3.63, 3.8) is 0 Å². The van der Waals surface area contributed by atoms with Gasteiger partial charge in [-0.15, -0.1) is 0 Å². The standard InChI is InChI=1S/C13H22O9/c1-4-19-13(20-5-2,21-6-3)22-11(16)8-9(12(17)18)7-10(14)15/h9H,4-8H2,1-3H3,(H,14,15)(H,17,18). The molecule has 0 saturated carbocycles. The highest BCUT2D eigenvalue weighted by molar-refractivity contribution is 5.82. The Labute approximate surface area is 128 Å². The van der Waals surface area contributed by atoms with Crippen LogP contribution >= 0.6 is 0 Å². The molecule has 0 aliphatic carbocycles. The Kier molecular flexibility index (Phi) is 9.31. The van der Waals surface area contributed by atoms with Gasteiger partial charge in [0, 0.05) is 0 Å². The quantitative estimate of drug-likeness (QED) is 0.396. The smallest absolute Gasteiger partial charge is 0.462 e. The number of hydrogen-bond acceptors (Lipinski definition) is 7. The van der Waals surface area contributed by atoms with Crippen molar-refractivity contribution in [3.05, 3.63) is 0 Å². The maximum Gasteiger partial charge on any atom is 0.462 e. The number of aliphatic carboxylic acids is 2. The van der Waals surface area contributed by atoms with Crippen LogP contribution in [0.1, 0.15) is 33.6 Å². The van der Waals surface area contributed by atoms with Crippen molar-refractivity contribution in [2.24, 2.45) is 5.92 Å². The van der Waals surface area contributed by atoms with Crippen LogP contribution in [0.15, 0.2) is 0 Å². The molecule has 0 rings (SSSR count). The molecule has 128 valence electrons. The topological polar surface area (TPSA) is 129 Å². The van der Waals surface area contributed by atoms with E-state index in [0.717, 1.165) is 0 Å². The molecule has 22 heavy (non-hydrogen) atoms. The highest BCUT2D eigenvalue weighted by Crippen LogP contribution is 2.20. The number of carboxylic acid groups (broad SMARTS) is 2. The van der Waals surface area contributed by atoms with Gasteiger partial charge in [-0.25, -0.2) is 0 Å². The first-order valence-electron chi connectivity index (χ1n) is 6.88. The minimum atomic E-state index is -2.05. The van der Waals surface area contributed by atoms with Crippen molar-refractivity contribution < 1.29 is 43.5 Å². The van der Waals surface area contributed by atoms with Gasteiger partial charge in [0.25, 0.3) is 0 Å². The number of rotatable bonds is 12. The Bertz CT molecular complexity index is 363. The first kappa shape index (κ1) is 20.3. The zero-order valence-corrected chi connectivity index (χ0v) is 12.9. The average Bonchev–Trinajstić information content (AvgIpc) is 2.37. The van der Waals surface area contributed by atoms with Gasteiger partial charge in [0.2, 0.25) is 0 Å². The van der Waals surface area contributed by atoms with E-state index in [0.29, 0.717) is 0 Å². The Morgan fingerprint density at radius 2 is 1.36 bits per heavy atom. The van der Waals surface area contributed by atoms with E-state index in [2.05, 4.69) is 0 Å². The summed E-state index contributed by atoms with van der Waals surface area (Å²) in [4.78, 5) is 33.4. The van der Waals surface area contributed by atoms with Gasteiger partial charge in [-0.05, 0) is 20.8 Å². The van der Waals surface area contributed by atoms with Crippen LogP contribution in [0.25, 0.3) is 0 Å². The van der Waals surface area contributed by atoms with Crippen molar-refractivity contribution >= 4 is 17.9 Å². The Hall–Kier alpha value is -1.71. The summed E-state index contributed by atoms with van der Waals surface area (Å²) in [6.07, 6.45) is -3.40. The molecule has 0 saturated heterocycles. The lowest BCUT2D eigenvalue weighted by atomic mass is 10.0. The van der Waals surface area contributed by atoms with E-state index < -0.39 is 42.8 Å². The van der Waals surface area contributed by atoms with E-state index in [9.17, 15) is 14.4 Å². The van der Waals surface area contributed by atoms with Crippen molar-refractivity contribution in [2.45, 2.75) is 39.8 Å². The molecule has 9 nitrogen and oxygen atoms in total. The number of ether oxygens (including phenoxy) is 4. The molecule has 9 heteroatoms. The fourth-order valence-corrected chi connectivity index (χ4v) is 1.58. The second-order valence-electron chi connectivity index (χ2n) is 4.11. The molecule has 0 aromatic rings. The average molecular weight is 322 g/mol. The highest BCUT2D eigenvalue weighted by Gasteiger charge is 2.39. The molecule has 0 amide bonds. The Morgan fingerprint density at radius 3 is 1.68 bits per heavy atom. The first-order valence-corrected chi connectivity index (χ1v) is 6.88. The van der Waals surface area contributed by atoms with Gasteiger partial charge < -0.3 is 14.9 Å². The number of esters is 1. The van der Waals surface area contributed by atoms with Crippen LogP contribution in [0.5, 0.6) is 0 Å². The minimum absolute atomic E-state index is 0.116. The minimum Gasteiger partial charge on any atom is -0.481 e. The van der Waals surface area contributed by atoms with Gasteiger partial charge in [-0.1, -0.05) is 0 Å². The molecule has 0 heterocycles. The summed E-state index contributed by atoms with van der Waals surface area (Å²) in [5, 5.41) is 17.6. The van der Waals surface area contributed by atoms with E-state index in [1.54, 1.807) is 20.8 Å². The van der Waals surface area contributed by atoms with Gasteiger partial charge in [0.05, 0.1) is 38.6 Å². The van der Waals surface area contributed by atoms with E-state index in [1.807, 2.05) is 0 Å². The summed E-state index contributed by atoms with van der Waals surface area (Å²) in [7, 11) is 0. The predicted octanol–water partition coefficient (Wildman–Crippen LogP) is 0.816. The lowest BCUT2D eigenvalue weighted by Gasteiger charge is -2.30. The van der Waals surface area contributed by atoms with E-state index in [1.165, 1.54) is 0 Å². The van der Waals surface area contributed by atoms with Crippen LogP contribution in [0, 0.1) is 5.92 Å². The molecule has 0 aromatic carbocycles. The van der Waals surface area contributed by atoms with Crippen LogP contribution in [0.4, 0.5) is 0 Å². The molecule has 0 spiro atoms. The maximum absolute atomic E-state index is 11.9. The third-order valence-corrected chi connectivity index (χ3v) is 2.39. The molecule has 0 fully saturated rings. The zero-order chi connectivity index (χ0) is 17.2. The summed E-state index contributed by atoms with van der Waals surface area (Å²) < 4.78 is 20.4. The lowest BCUT2D eigenvalue weighted by molar-refractivity contribution is -0.480. The lowest BCUT2D eigenvalue weighted by Crippen LogP contribution is -2.44. The van der Waals surface area contributed by atoms with Crippen LogP contribution in [-0.2, 0) is 33.3 Å². The molecule has 2 N–H and O–H groups in total. The van der Waals surface area contributed by atoms with Gasteiger partial charge in [-0.3, -0.25) is 28.6 Å². The molecular weight excluding hydrogens is 300 g/mol. The van der Waals surface area contributed by atoms with Crippen LogP contribution < -0.4 is 0 Å². The summed E-state index contributed by atoms with van der Waals surface area (Å²) in [6.45, 7) is 5.24. The molecular formula is C13H22O9. The molecule has 0 aliphatic heterocycles. The third-order valence-electron chi connectivity index (χ3n) is 2.39. The number of carboxylic acids is 2. The summed E-state index contributed by atoms with van der Waals surface area (Å²) >= 11 is 0. The Balaban J connectivity index is 4.91. The fourth-order valence-electron chi connectivity index (χ4n) is 1.58. The first-order chi connectivity index (χ1) is 10.3. The second kappa shape index (κ2) is 10.1. The van der Waals surface area contributed by atoms with Gasteiger partial charge in [0.15, 0.2) is 0 Å². The number of carbonyl (C=O) groups is 3. The predicted molar refractivity (Wildman–Crippen MR) is 71.7 cm³/mol. The summed E-state index contributed by atoms with van der Waals surface area (Å²) in [6, 6.07) is 0. The van der Waals surface area contributed by atoms with Gasteiger partial charge >= 0.3 is 24.1 Å². The summed E-state index contributed by atoms with van der Waals surface area (Å²) in [5.74, 6) is -5.14. The van der Waals surface area contributed by atoms with Crippen molar-refractivity contribution in [1.29, 1.82) is 0 Å². The second-order valence-corrected chi connectivity index (χ2v) is 4.11. The maximum atomic E-state index is 11.9. The van der Waals surface area contributed by atoms with Crippen LogP contribution in [-0.4, -0.2) is 54.1 Å². The molecule has 0 aromatic heterocycles.